The summed E-state index contributed by atoms with van der Waals surface area (Å²) in [7, 11) is 0. The second-order valence-electron chi connectivity index (χ2n) is 4.33. The van der Waals surface area contributed by atoms with Gasteiger partial charge >= 0.3 is 0 Å². The number of hydrogen-bond donors (Lipinski definition) is 1. The Labute approximate surface area is 107 Å². The van der Waals surface area contributed by atoms with Crippen LogP contribution in [0.5, 0.6) is 0 Å². The van der Waals surface area contributed by atoms with Crippen LogP contribution in [-0.2, 0) is 13.0 Å². The molecule has 0 aliphatic rings. The molecule has 92 valence electrons. The van der Waals surface area contributed by atoms with Crippen LogP contribution >= 0.6 is 0 Å². The molecule has 0 saturated heterocycles. The first-order valence-corrected chi connectivity index (χ1v) is 5.93. The Morgan fingerprint density at radius 3 is 2.94 bits per heavy atom. The van der Waals surface area contributed by atoms with E-state index in [0.29, 0.717) is 12.1 Å². The first-order valence-electron chi connectivity index (χ1n) is 5.93. The van der Waals surface area contributed by atoms with Crippen LogP contribution in [0, 0.1) is 18.3 Å². The average Bonchev–Trinajstić information content (AvgIpc) is 2.80. The highest BCUT2D eigenvalue weighted by atomic mass is 15.0. The summed E-state index contributed by atoms with van der Waals surface area (Å²) < 4.78 is 2.04. The van der Waals surface area contributed by atoms with Gasteiger partial charge in [-0.1, -0.05) is 6.07 Å². The molecule has 0 atom stereocenters. The zero-order valence-electron chi connectivity index (χ0n) is 10.4. The van der Waals surface area contributed by atoms with E-state index in [1.807, 2.05) is 42.2 Å². The van der Waals surface area contributed by atoms with Crippen molar-refractivity contribution in [1.82, 2.24) is 9.55 Å². The molecule has 2 N–H and O–H groups in total. The number of hydrogen-bond acceptors (Lipinski definition) is 3. The number of rotatable bonds is 4. The standard InChI is InChI=1S/C14H16N4/c1-11-6-12(7-16)2-3-13(11)8-18-9-14(4-5-15)17-10-18/h2-3,6,9-10H,4-5,8,15H2,1H3. The first kappa shape index (κ1) is 12.3. The fourth-order valence-corrected chi connectivity index (χ4v) is 1.91. The van der Waals surface area contributed by atoms with Gasteiger partial charge in [0, 0.05) is 19.2 Å². The molecule has 0 unspecified atom stereocenters. The molecule has 0 aliphatic heterocycles. The molecule has 0 bridgehead atoms. The van der Waals surface area contributed by atoms with Crippen LogP contribution in [0.15, 0.2) is 30.7 Å². The summed E-state index contributed by atoms with van der Waals surface area (Å²) in [6.45, 7) is 3.41. The van der Waals surface area contributed by atoms with Crippen LogP contribution in [0.25, 0.3) is 0 Å². The van der Waals surface area contributed by atoms with E-state index in [0.717, 1.165) is 24.2 Å². The van der Waals surface area contributed by atoms with E-state index in [2.05, 4.69) is 11.1 Å². The van der Waals surface area contributed by atoms with Gasteiger partial charge in [-0.3, -0.25) is 0 Å². The Bertz CT molecular complexity index is 578. The fourth-order valence-electron chi connectivity index (χ4n) is 1.91. The zero-order chi connectivity index (χ0) is 13.0. The molecule has 2 aromatic rings. The third-order valence-electron chi connectivity index (χ3n) is 2.91. The number of aromatic nitrogens is 2. The Hall–Kier alpha value is -2.12. The van der Waals surface area contributed by atoms with Gasteiger partial charge < -0.3 is 10.3 Å². The fraction of sp³-hybridized carbons (Fsp3) is 0.286. The highest BCUT2D eigenvalue weighted by Crippen LogP contribution is 2.12. The predicted octanol–water partition coefficient (Wildman–Crippen LogP) is 1.61. The lowest BCUT2D eigenvalue weighted by molar-refractivity contribution is 0.790. The number of nitriles is 1. The van der Waals surface area contributed by atoms with Gasteiger partial charge in [-0.2, -0.15) is 5.26 Å². The molecule has 18 heavy (non-hydrogen) atoms. The molecule has 0 radical (unpaired) electrons. The van der Waals surface area contributed by atoms with Crippen molar-refractivity contribution < 1.29 is 0 Å². The van der Waals surface area contributed by atoms with Gasteiger partial charge in [0.1, 0.15) is 0 Å². The third-order valence-corrected chi connectivity index (χ3v) is 2.91. The van der Waals surface area contributed by atoms with Crippen LogP contribution < -0.4 is 5.73 Å². The van der Waals surface area contributed by atoms with E-state index < -0.39 is 0 Å². The molecule has 4 heteroatoms. The number of aryl methyl sites for hydroxylation is 1. The molecule has 0 amide bonds. The summed E-state index contributed by atoms with van der Waals surface area (Å²) in [5.74, 6) is 0. The molecule has 1 aromatic carbocycles. The maximum atomic E-state index is 8.83. The third kappa shape index (κ3) is 2.76. The summed E-state index contributed by atoms with van der Waals surface area (Å²) in [6, 6.07) is 7.90. The van der Waals surface area contributed by atoms with E-state index in [-0.39, 0.29) is 0 Å². The monoisotopic (exact) mass is 240 g/mol. The van der Waals surface area contributed by atoms with Crippen molar-refractivity contribution in [2.75, 3.05) is 6.54 Å². The second kappa shape index (κ2) is 5.48. The summed E-state index contributed by atoms with van der Waals surface area (Å²) >= 11 is 0. The molecular weight excluding hydrogens is 224 g/mol. The van der Waals surface area contributed by atoms with Crippen LogP contribution in [0.4, 0.5) is 0 Å². The van der Waals surface area contributed by atoms with E-state index in [1.165, 1.54) is 5.56 Å². The van der Waals surface area contributed by atoms with Crippen LogP contribution in [0.1, 0.15) is 22.4 Å². The van der Waals surface area contributed by atoms with Crippen molar-refractivity contribution in [3.8, 4) is 6.07 Å². The van der Waals surface area contributed by atoms with Crippen molar-refractivity contribution in [3.63, 3.8) is 0 Å². The Kier molecular flexibility index (Phi) is 3.75. The van der Waals surface area contributed by atoms with Crippen molar-refractivity contribution >= 4 is 0 Å². The van der Waals surface area contributed by atoms with Gasteiger partial charge in [-0.05, 0) is 36.7 Å². The van der Waals surface area contributed by atoms with Gasteiger partial charge in [0.2, 0.25) is 0 Å². The SMILES string of the molecule is Cc1cc(C#N)ccc1Cn1cnc(CCN)c1. The predicted molar refractivity (Wildman–Crippen MR) is 70.0 cm³/mol. The first-order chi connectivity index (χ1) is 8.72. The van der Waals surface area contributed by atoms with Crippen molar-refractivity contribution in [2.45, 2.75) is 19.9 Å². The summed E-state index contributed by atoms with van der Waals surface area (Å²) in [5, 5.41) is 8.83. The van der Waals surface area contributed by atoms with Crippen molar-refractivity contribution in [1.29, 1.82) is 5.26 Å². The lowest BCUT2D eigenvalue weighted by Crippen LogP contribution is -2.03. The van der Waals surface area contributed by atoms with Crippen LogP contribution in [0.3, 0.4) is 0 Å². The normalized spacial score (nSPS) is 10.3. The summed E-state index contributed by atoms with van der Waals surface area (Å²) in [6.07, 6.45) is 4.65. The highest BCUT2D eigenvalue weighted by Gasteiger charge is 2.03. The lowest BCUT2D eigenvalue weighted by Gasteiger charge is -2.06. The Balaban J connectivity index is 2.15. The minimum atomic E-state index is 0.618. The zero-order valence-corrected chi connectivity index (χ0v) is 10.4. The minimum absolute atomic E-state index is 0.618. The molecule has 0 saturated carbocycles. The number of benzene rings is 1. The maximum absolute atomic E-state index is 8.83. The molecule has 0 aliphatic carbocycles. The minimum Gasteiger partial charge on any atom is -0.333 e. The number of imidazole rings is 1. The Morgan fingerprint density at radius 2 is 2.28 bits per heavy atom. The molecule has 2 rings (SSSR count). The van der Waals surface area contributed by atoms with Gasteiger partial charge in [-0.25, -0.2) is 4.98 Å². The molecule has 1 aromatic heterocycles. The maximum Gasteiger partial charge on any atom is 0.0991 e. The largest absolute Gasteiger partial charge is 0.333 e. The van der Waals surface area contributed by atoms with Crippen LogP contribution in [0.2, 0.25) is 0 Å². The molecule has 1 heterocycles. The van der Waals surface area contributed by atoms with E-state index in [1.54, 1.807) is 0 Å². The quantitative estimate of drug-likeness (QED) is 0.882. The van der Waals surface area contributed by atoms with Gasteiger partial charge in [0.25, 0.3) is 0 Å². The van der Waals surface area contributed by atoms with Gasteiger partial charge in [0.15, 0.2) is 0 Å². The molecule has 0 spiro atoms. The summed E-state index contributed by atoms with van der Waals surface area (Å²) in [5.41, 5.74) is 9.54. The second-order valence-corrected chi connectivity index (χ2v) is 4.33. The number of nitrogens with zero attached hydrogens (tertiary/aromatic N) is 3. The lowest BCUT2D eigenvalue weighted by atomic mass is 10.1. The van der Waals surface area contributed by atoms with E-state index in [9.17, 15) is 0 Å². The molecule has 0 fully saturated rings. The average molecular weight is 240 g/mol. The smallest absolute Gasteiger partial charge is 0.0991 e. The molecular formula is C14H16N4. The highest BCUT2D eigenvalue weighted by molar-refractivity contribution is 5.37. The van der Waals surface area contributed by atoms with E-state index >= 15 is 0 Å². The molecule has 4 nitrogen and oxygen atoms in total. The van der Waals surface area contributed by atoms with Crippen LogP contribution in [-0.4, -0.2) is 16.1 Å². The Morgan fingerprint density at radius 1 is 1.44 bits per heavy atom. The van der Waals surface area contributed by atoms with Crippen molar-refractivity contribution in [3.05, 3.63) is 53.1 Å². The van der Waals surface area contributed by atoms with Gasteiger partial charge in [-0.15, -0.1) is 0 Å². The van der Waals surface area contributed by atoms with Gasteiger partial charge in [0.05, 0.1) is 23.7 Å². The van der Waals surface area contributed by atoms with Crippen molar-refractivity contribution in [2.24, 2.45) is 5.73 Å². The van der Waals surface area contributed by atoms with E-state index in [4.69, 9.17) is 11.0 Å². The topological polar surface area (TPSA) is 67.6 Å². The summed E-state index contributed by atoms with van der Waals surface area (Å²) in [4.78, 5) is 4.30. The number of nitrogens with two attached hydrogens (primary N) is 1.